The molecule has 0 unspecified atom stereocenters. The summed E-state index contributed by atoms with van der Waals surface area (Å²) in [5, 5.41) is 19.4. The molecule has 0 aliphatic heterocycles. The molecule has 0 aromatic heterocycles. The number of aryl methyl sites for hydroxylation is 1. The molecule has 2 aromatic rings. The van der Waals surface area contributed by atoms with Gasteiger partial charge < -0.3 is 5.11 Å². The maximum atomic E-state index is 11.6. The Hall–Kier alpha value is -1.25. The van der Waals surface area contributed by atoms with Gasteiger partial charge in [0.1, 0.15) is 0 Å². The molecule has 1 N–H and O–H groups in total. The van der Waals surface area contributed by atoms with Crippen molar-refractivity contribution < 1.29 is 47.6 Å². The molecule has 0 aliphatic carbocycles. The minimum Gasteiger partial charge on any atom is -0.871 e. The average Bonchev–Trinajstić information content (AvgIpc) is 2.46. The summed E-state index contributed by atoms with van der Waals surface area (Å²) < 4.78 is 30.7. The number of rotatable bonds is 4. The summed E-state index contributed by atoms with van der Waals surface area (Å²) in [5.41, 5.74) is 1.59. The molecule has 0 heterocycles. The van der Waals surface area contributed by atoms with Crippen LogP contribution in [0.4, 0.5) is 11.4 Å². The zero-order valence-corrected chi connectivity index (χ0v) is 15.0. The second-order valence-electron chi connectivity index (χ2n) is 4.32. The average molecular weight is 328 g/mol. The van der Waals surface area contributed by atoms with E-state index >= 15 is 0 Å². The molecule has 2 aromatic carbocycles. The summed E-state index contributed by atoms with van der Waals surface area (Å²) in [5.74, 6) is -0.231. The minimum atomic E-state index is -4.22. The molecule has 6 nitrogen and oxygen atoms in total. The third-order valence-electron chi connectivity index (χ3n) is 2.84. The van der Waals surface area contributed by atoms with Crippen LogP contribution in [-0.4, -0.2) is 13.0 Å². The van der Waals surface area contributed by atoms with E-state index in [4.69, 9.17) is 4.55 Å². The Balaban J connectivity index is 0.00000242. The van der Waals surface area contributed by atoms with Crippen LogP contribution in [0.25, 0.3) is 0 Å². The molecule has 0 spiro atoms. The van der Waals surface area contributed by atoms with E-state index < -0.39 is 10.1 Å². The number of azo groups is 1. The molecular weight excluding hydrogens is 315 g/mol. The van der Waals surface area contributed by atoms with E-state index in [-0.39, 0.29) is 45.9 Å². The minimum absolute atomic E-state index is 0. The fourth-order valence-corrected chi connectivity index (χ4v) is 2.14. The third kappa shape index (κ3) is 4.89. The van der Waals surface area contributed by atoms with Gasteiger partial charge >= 0.3 is 29.6 Å². The van der Waals surface area contributed by atoms with Crippen LogP contribution in [0, 0.1) is 0 Å². The number of nitrogens with zero attached hydrogens (tertiary/aromatic N) is 2. The van der Waals surface area contributed by atoms with Crippen molar-refractivity contribution in [3.05, 3.63) is 48.0 Å². The largest absolute Gasteiger partial charge is 1.00 e. The number of benzene rings is 2. The van der Waals surface area contributed by atoms with Crippen LogP contribution < -0.4 is 34.7 Å². The van der Waals surface area contributed by atoms with Crippen LogP contribution in [-0.2, 0) is 16.5 Å². The van der Waals surface area contributed by atoms with Crippen LogP contribution in [0.3, 0.4) is 0 Å². The molecule has 0 fully saturated rings. The van der Waals surface area contributed by atoms with Crippen molar-refractivity contribution in [2.45, 2.75) is 18.2 Å². The van der Waals surface area contributed by atoms with Gasteiger partial charge in [-0.3, -0.25) is 4.55 Å². The Labute approximate surface area is 151 Å². The molecule has 8 heteroatoms. The second-order valence-corrected chi connectivity index (χ2v) is 5.75. The first-order chi connectivity index (χ1) is 9.90. The van der Waals surface area contributed by atoms with Crippen LogP contribution >= 0.6 is 0 Å². The fourth-order valence-electron chi connectivity index (χ4n) is 1.66. The van der Waals surface area contributed by atoms with Gasteiger partial charge in [-0.1, -0.05) is 24.8 Å². The topological polar surface area (TPSA) is 102 Å². The molecule has 110 valence electrons. The molecule has 2 rings (SSSR count). The SMILES string of the molecule is CCc1ccc([O-])c(N=Nc2ccc(S(=O)(=O)O)cc2)c1.[Na+]. The van der Waals surface area contributed by atoms with Crippen molar-refractivity contribution in [2.24, 2.45) is 10.2 Å². The molecule has 0 bridgehead atoms. The molecule has 0 saturated heterocycles. The van der Waals surface area contributed by atoms with E-state index in [1.807, 2.05) is 6.92 Å². The monoisotopic (exact) mass is 328 g/mol. The Morgan fingerprint density at radius 1 is 1.09 bits per heavy atom. The molecule has 22 heavy (non-hydrogen) atoms. The van der Waals surface area contributed by atoms with Crippen LogP contribution in [0.2, 0.25) is 0 Å². The van der Waals surface area contributed by atoms with Gasteiger partial charge in [-0.2, -0.15) is 18.6 Å². The van der Waals surface area contributed by atoms with Gasteiger partial charge in [-0.15, -0.1) is 0 Å². The second kappa shape index (κ2) is 7.85. The summed E-state index contributed by atoms with van der Waals surface area (Å²) in [4.78, 5) is -0.223. The first kappa shape index (κ1) is 18.8. The van der Waals surface area contributed by atoms with Gasteiger partial charge in [0.05, 0.1) is 16.3 Å². The van der Waals surface area contributed by atoms with E-state index in [0.29, 0.717) is 5.69 Å². The zero-order valence-electron chi connectivity index (χ0n) is 12.2. The van der Waals surface area contributed by atoms with E-state index in [1.165, 1.54) is 30.3 Å². The van der Waals surface area contributed by atoms with E-state index in [9.17, 15) is 13.5 Å². The zero-order chi connectivity index (χ0) is 15.5. The van der Waals surface area contributed by atoms with E-state index in [2.05, 4.69) is 10.2 Å². The van der Waals surface area contributed by atoms with Crippen LogP contribution in [0.5, 0.6) is 5.75 Å². The first-order valence-electron chi connectivity index (χ1n) is 6.19. The summed E-state index contributed by atoms with van der Waals surface area (Å²) in [7, 11) is -4.22. The summed E-state index contributed by atoms with van der Waals surface area (Å²) >= 11 is 0. The molecule has 0 atom stereocenters. The van der Waals surface area contributed by atoms with Crippen molar-refractivity contribution in [3.63, 3.8) is 0 Å². The van der Waals surface area contributed by atoms with Crippen molar-refractivity contribution in [1.82, 2.24) is 0 Å². The maximum Gasteiger partial charge on any atom is 1.00 e. The Bertz CT molecular complexity index is 774. The number of hydrogen-bond acceptors (Lipinski definition) is 5. The van der Waals surface area contributed by atoms with Gasteiger partial charge in [-0.25, -0.2) is 0 Å². The smallest absolute Gasteiger partial charge is 0.871 e. The van der Waals surface area contributed by atoms with Gasteiger partial charge in [0.15, 0.2) is 0 Å². The van der Waals surface area contributed by atoms with Gasteiger partial charge in [-0.05, 0) is 42.3 Å². The van der Waals surface area contributed by atoms with Crippen LogP contribution in [0.15, 0.2) is 57.6 Å². The number of hydrogen-bond donors (Lipinski definition) is 1. The fraction of sp³-hybridized carbons (Fsp3) is 0.143. The summed E-state index contributed by atoms with van der Waals surface area (Å²) in [6, 6.07) is 10.0. The van der Waals surface area contributed by atoms with Crippen LogP contribution in [0.1, 0.15) is 12.5 Å². The van der Waals surface area contributed by atoms with Gasteiger partial charge in [0.2, 0.25) is 0 Å². The predicted octanol–water partition coefficient (Wildman–Crippen LogP) is -0.0113. The van der Waals surface area contributed by atoms with Gasteiger partial charge in [0.25, 0.3) is 10.1 Å². The Kier molecular flexibility index (Phi) is 6.70. The van der Waals surface area contributed by atoms with E-state index in [1.54, 1.807) is 12.1 Å². The van der Waals surface area contributed by atoms with E-state index in [0.717, 1.165) is 12.0 Å². The quantitative estimate of drug-likeness (QED) is 0.484. The Morgan fingerprint density at radius 3 is 2.27 bits per heavy atom. The van der Waals surface area contributed by atoms with Crippen molar-refractivity contribution in [1.29, 1.82) is 0 Å². The predicted molar refractivity (Wildman–Crippen MR) is 75.7 cm³/mol. The normalized spacial score (nSPS) is 11.4. The molecule has 0 saturated carbocycles. The van der Waals surface area contributed by atoms with Crippen molar-refractivity contribution in [2.75, 3.05) is 0 Å². The molecule has 0 radical (unpaired) electrons. The molecular formula is C14H13N2NaO4S. The van der Waals surface area contributed by atoms with Crippen molar-refractivity contribution in [3.8, 4) is 5.75 Å². The first-order valence-corrected chi connectivity index (χ1v) is 7.63. The standard InChI is InChI=1S/C14H14N2O4S.Na/c1-2-10-3-8-14(17)13(9-10)16-15-11-4-6-12(7-5-11)21(18,19)20;/h3-9,17H,2H2,1H3,(H,18,19,20);/q;+1/p-1. The molecule has 0 amide bonds. The maximum absolute atomic E-state index is 11.6. The molecule has 0 aliphatic rings. The third-order valence-corrected chi connectivity index (χ3v) is 3.71. The van der Waals surface area contributed by atoms with Gasteiger partial charge in [0, 0.05) is 0 Å². The summed E-state index contributed by atoms with van der Waals surface area (Å²) in [6.07, 6.45) is 0.784. The summed E-state index contributed by atoms with van der Waals surface area (Å²) in [6.45, 7) is 1.97. The van der Waals surface area contributed by atoms with Crippen molar-refractivity contribution >= 4 is 21.5 Å². The Morgan fingerprint density at radius 2 is 1.73 bits per heavy atom.